The van der Waals surface area contributed by atoms with Crippen LogP contribution in [0.15, 0.2) is 48.7 Å². The summed E-state index contributed by atoms with van der Waals surface area (Å²) >= 11 is 0. The summed E-state index contributed by atoms with van der Waals surface area (Å²) < 4.78 is 0. The minimum Gasteiger partial charge on any atom is -0.293 e. The average Bonchev–Trinajstić information content (AvgIpc) is 2.65. The van der Waals surface area contributed by atoms with Crippen molar-refractivity contribution in [3.05, 3.63) is 65.5 Å². The van der Waals surface area contributed by atoms with Crippen molar-refractivity contribution in [2.45, 2.75) is 18.8 Å². The van der Waals surface area contributed by atoms with Crippen LogP contribution in [0.5, 0.6) is 0 Å². The van der Waals surface area contributed by atoms with E-state index in [0.717, 1.165) is 23.2 Å². The Balaban J connectivity index is 2.12. The summed E-state index contributed by atoms with van der Waals surface area (Å²) in [6.45, 7) is 1.98. The average molecular weight is 223 g/mol. The number of hydrogen-bond acceptors (Lipinski definition) is 2. The van der Waals surface area contributed by atoms with Crippen molar-refractivity contribution in [3.63, 3.8) is 0 Å². The number of carbonyl (C=O) groups excluding carboxylic acids is 1. The predicted octanol–water partition coefficient (Wildman–Crippen LogP) is 2.78. The van der Waals surface area contributed by atoms with E-state index in [2.05, 4.69) is 4.98 Å². The Labute approximate surface area is 100 Å². The van der Waals surface area contributed by atoms with Crippen LogP contribution in [0.25, 0.3) is 0 Å². The Hall–Kier alpha value is -1.96. The number of aromatic nitrogens is 1. The van der Waals surface area contributed by atoms with E-state index in [0.29, 0.717) is 0 Å². The fourth-order valence-corrected chi connectivity index (χ4v) is 2.55. The number of nitrogens with zero attached hydrogens (tertiary/aromatic N) is 1. The number of carbonyl (C=O) groups is 1. The first kappa shape index (κ1) is 10.2. The molecule has 2 aromatic rings. The minimum absolute atomic E-state index is 0.187. The molecule has 0 amide bonds. The molecule has 1 aliphatic carbocycles. The lowest BCUT2D eigenvalue weighted by atomic mass is 9.82. The zero-order chi connectivity index (χ0) is 11.9. The Morgan fingerprint density at radius 2 is 1.88 bits per heavy atom. The molecule has 1 aliphatic rings. The summed E-state index contributed by atoms with van der Waals surface area (Å²) in [6, 6.07) is 13.6. The molecule has 1 aromatic heterocycles. The van der Waals surface area contributed by atoms with E-state index in [1.54, 1.807) is 6.20 Å². The minimum atomic E-state index is -0.495. The summed E-state index contributed by atoms with van der Waals surface area (Å²) in [4.78, 5) is 16.8. The molecule has 0 spiro atoms. The van der Waals surface area contributed by atoms with Crippen molar-refractivity contribution >= 4 is 5.78 Å². The van der Waals surface area contributed by atoms with Crippen LogP contribution in [0.4, 0.5) is 0 Å². The highest BCUT2D eigenvalue weighted by molar-refractivity contribution is 6.07. The monoisotopic (exact) mass is 223 g/mol. The molecule has 84 valence electrons. The number of benzene rings is 1. The number of pyridine rings is 1. The van der Waals surface area contributed by atoms with Crippen molar-refractivity contribution in [2.75, 3.05) is 0 Å². The lowest BCUT2D eigenvalue weighted by Crippen LogP contribution is -2.30. The molecule has 0 saturated carbocycles. The second kappa shape index (κ2) is 3.52. The molecule has 1 heterocycles. The van der Waals surface area contributed by atoms with Crippen LogP contribution >= 0.6 is 0 Å². The quantitative estimate of drug-likeness (QED) is 0.744. The number of fused-ring (bicyclic) bond motifs is 1. The van der Waals surface area contributed by atoms with Crippen molar-refractivity contribution in [1.29, 1.82) is 0 Å². The van der Waals surface area contributed by atoms with Gasteiger partial charge in [0.1, 0.15) is 0 Å². The van der Waals surface area contributed by atoms with Crippen LogP contribution in [0.2, 0.25) is 0 Å². The van der Waals surface area contributed by atoms with Crippen molar-refractivity contribution in [2.24, 2.45) is 0 Å². The molecule has 0 fully saturated rings. The van der Waals surface area contributed by atoms with Gasteiger partial charge in [0, 0.05) is 11.8 Å². The van der Waals surface area contributed by atoms with Gasteiger partial charge in [-0.1, -0.05) is 30.3 Å². The molecule has 1 unspecified atom stereocenters. The number of rotatable bonds is 1. The van der Waals surface area contributed by atoms with Crippen LogP contribution in [0, 0.1) is 0 Å². The third-order valence-corrected chi connectivity index (χ3v) is 3.54. The topological polar surface area (TPSA) is 30.0 Å². The molecule has 3 rings (SSSR count). The van der Waals surface area contributed by atoms with Gasteiger partial charge in [0.25, 0.3) is 0 Å². The highest BCUT2D eigenvalue weighted by Gasteiger charge is 2.43. The van der Waals surface area contributed by atoms with E-state index >= 15 is 0 Å². The van der Waals surface area contributed by atoms with Gasteiger partial charge in [-0.25, -0.2) is 0 Å². The standard InChI is InChI=1S/C15H13NO/c1-15(13-8-4-5-9-16-13)10-11-6-2-3-7-12(11)14(15)17/h2-9H,10H2,1H3. The van der Waals surface area contributed by atoms with Gasteiger partial charge in [-0.15, -0.1) is 0 Å². The van der Waals surface area contributed by atoms with Gasteiger partial charge in [0.15, 0.2) is 5.78 Å². The van der Waals surface area contributed by atoms with E-state index in [4.69, 9.17) is 0 Å². The van der Waals surface area contributed by atoms with Crippen LogP contribution in [0.1, 0.15) is 28.5 Å². The largest absolute Gasteiger partial charge is 0.293 e. The number of ketones is 1. The lowest BCUT2D eigenvalue weighted by Gasteiger charge is -2.20. The van der Waals surface area contributed by atoms with Gasteiger partial charge < -0.3 is 0 Å². The molecule has 2 nitrogen and oxygen atoms in total. The predicted molar refractivity (Wildman–Crippen MR) is 66.1 cm³/mol. The van der Waals surface area contributed by atoms with E-state index in [1.165, 1.54) is 0 Å². The normalized spacial score (nSPS) is 22.5. The van der Waals surface area contributed by atoms with Gasteiger partial charge in [-0.2, -0.15) is 0 Å². The first-order chi connectivity index (χ1) is 8.22. The fraction of sp³-hybridized carbons (Fsp3) is 0.200. The molecule has 17 heavy (non-hydrogen) atoms. The van der Waals surface area contributed by atoms with Crippen LogP contribution in [-0.2, 0) is 11.8 Å². The summed E-state index contributed by atoms with van der Waals surface area (Å²) in [5.41, 5.74) is 2.35. The second-order valence-electron chi connectivity index (χ2n) is 4.71. The van der Waals surface area contributed by atoms with E-state index < -0.39 is 5.41 Å². The zero-order valence-electron chi connectivity index (χ0n) is 9.68. The highest BCUT2D eigenvalue weighted by Crippen LogP contribution is 2.38. The van der Waals surface area contributed by atoms with E-state index in [9.17, 15) is 4.79 Å². The SMILES string of the molecule is CC1(c2ccccn2)Cc2ccccc2C1=O. The molecule has 2 heteroatoms. The summed E-state index contributed by atoms with van der Waals surface area (Å²) in [5.74, 6) is 0.187. The van der Waals surface area contributed by atoms with Gasteiger partial charge in [-0.3, -0.25) is 9.78 Å². The number of Topliss-reactive ketones (excluding diaryl/α,β-unsaturated/α-hetero) is 1. The molecule has 0 aliphatic heterocycles. The molecule has 0 bridgehead atoms. The van der Waals surface area contributed by atoms with Crippen molar-refractivity contribution in [1.82, 2.24) is 4.98 Å². The maximum Gasteiger partial charge on any atom is 0.175 e. The zero-order valence-corrected chi connectivity index (χ0v) is 9.68. The molecule has 1 atom stereocenters. The molecular formula is C15H13NO. The first-order valence-electron chi connectivity index (χ1n) is 5.76. The van der Waals surface area contributed by atoms with E-state index in [1.807, 2.05) is 49.4 Å². The molecular weight excluding hydrogens is 210 g/mol. The van der Waals surface area contributed by atoms with E-state index in [-0.39, 0.29) is 5.78 Å². The summed E-state index contributed by atoms with van der Waals surface area (Å²) in [7, 11) is 0. The summed E-state index contributed by atoms with van der Waals surface area (Å²) in [6.07, 6.45) is 2.50. The van der Waals surface area contributed by atoms with Crippen LogP contribution in [-0.4, -0.2) is 10.8 Å². The second-order valence-corrected chi connectivity index (χ2v) is 4.71. The van der Waals surface area contributed by atoms with Gasteiger partial charge in [-0.05, 0) is 31.0 Å². The van der Waals surface area contributed by atoms with Crippen LogP contribution in [0.3, 0.4) is 0 Å². The van der Waals surface area contributed by atoms with Gasteiger partial charge >= 0.3 is 0 Å². The highest BCUT2D eigenvalue weighted by atomic mass is 16.1. The smallest absolute Gasteiger partial charge is 0.175 e. The summed E-state index contributed by atoms with van der Waals surface area (Å²) in [5, 5.41) is 0. The van der Waals surface area contributed by atoms with Crippen molar-refractivity contribution in [3.8, 4) is 0 Å². The third kappa shape index (κ3) is 1.41. The maximum atomic E-state index is 12.5. The van der Waals surface area contributed by atoms with Crippen molar-refractivity contribution < 1.29 is 4.79 Å². The molecule has 0 saturated heterocycles. The molecule has 1 aromatic carbocycles. The fourth-order valence-electron chi connectivity index (χ4n) is 2.55. The Bertz CT molecular complexity index is 576. The third-order valence-electron chi connectivity index (χ3n) is 3.54. The molecule has 0 N–H and O–H groups in total. The maximum absolute atomic E-state index is 12.5. The Morgan fingerprint density at radius 3 is 2.59 bits per heavy atom. The first-order valence-corrected chi connectivity index (χ1v) is 5.76. The Morgan fingerprint density at radius 1 is 1.12 bits per heavy atom. The molecule has 0 radical (unpaired) electrons. The van der Waals surface area contributed by atoms with Gasteiger partial charge in [0.2, 0.25) is 0 Å². The lowest BCUT2D eigenvalue weighted by molar-refractivity contribution is 0.0912. The number of hydrogen-bond donors (Lipinski definition) is 0. The van der Waals surface area contributed by atoms with Gasteiger partial charge in [0.05, 0.1) is 11.1 Å². The van der Waals surface area contributed by atoms with Crippen LogP contribution < -0.4 is 0 Å². The Kier molecular flexibility index (Phi) is 2.11.